The van der Waals surface area contributed by atoms with E-state index in [1.165, 1.54) is 5.56 Å². The summed E-state index contributed by atoms with van der Waals surface area (Å²) in [7, 11) is 3.14. The molecule has 2 aromatic carbocycles. The van der Waals surface area contributed by atoms with Gasteiger partial charge in [-0.3, -0.25) is 4.79 Å². The van der Waals surface area contributed by atoms with Gasteiger partial charge in [-0.15, -0.1) is 0 Å². The fourth-order valence-electron chi connectivity index (χ4n) is 2.00. The van der Waals surface area contributed by atoms with Crippen molar-refractivity contribution in [3.05, 3.63) is 53.6 Å². The summed E-state index contributed by atoms with van der Waals surface area (Å²) in [5, 5.41) is 2.85. The largest absolute Gasteiger partial charge is 0.497 e. The van der Waals surface area contributed by atoms with Crippen LogP contribution in [0.1, 0.15) is 22.8 Å². The van der Waals surface area contributed by atoms with Crippen LogP contribution in [-0.2, 0) is 6.42 Å². The zero-order valence-corrected chi connectivity index (χ0v) is 12.5. The van der Waals surface area contributed by atoms with Gasteiger partial charge in [0, 0.05) is 11.6 Å². The van der Waals surface area contributed by atoms with Gasteiger partial charge in [0.15, 0.2) is 0 Å². The van der Waals surface area contributed by atoms with Crippen molar-refractivity contribution in [1.29, 1.82) is 0 Å². The molecule has 110 valence electrons. The summed E-state index contributed by atoms with van der Waals surface area (Å²) in [4.78, 5) is 12.3. The second-order valence-corrected chi connectivity index (χ2v) is 4.57. The number of benzene rings is 2. The number of carbonyl (C=O) groups is 1. The van der Waals surface area contributed by atoms with Crippen LogP contribution in [0, 0.1) is 0 Å². The predicted octanol–water partition coefficient (Wildman–Crippen LogP) is 3.52. The Morgan fingerprint density at radius 1 is 1.05 bits per heavy atom. The van der Waals surface area contributed by atoms with E-state index in [9.17, 15) is 4.79 Å². The summed E-state index contributed by atoms with van der Waals surface area (Å²) >= 11 is 0. The van der Waals surface area contributed by atoms with E-state index >= 15 is 0 Å². The molecule has 2 aromatic rings. The quantitative estimate of drug-likeness (QED) is 0.914. The molecule has 0 aromatic heterocycles. The molecule has 0 saturated heterocycles. The molecule has 0 aliphatic rings. The van der Waals surface area contributed by atoms with Crippen molar-refractivity contribution in [3.8, 4) is 11.5 Å². The summed E-state index contributed by atoms with van der Waals surface area (Å²) in [6.07, 6.45) is 0.950. The van der Waals surface area contributed by atoms with E-state index in [1.807, 2.05) is 24.3 Å². The Hall–Kier alpha value is -2.49. The monoisotopic (exact) mass is 285 g/mol. The zero-order chi connectivity index (χ0) is 15.2. The number of nitrogens with one attached hydrogen (secondary N) is 1. The maximum absolute atomic E-state index is 12.3. The summed E-state index contributed by atoms with van der Waals surface area (Å²) in [6, 6.07) is 12.8. The number of rotatable bonds is 5. The number of hydrogen-bond donors (Lipinski definition) is 1. The van der Waals surface area contributed by atoms with Crippen LogP contribution in [0.5, 0.6) is 11.5 Å². The highest BCUT2D eigenvalue weighted by Crippen LogP contribution is 2.29. The topological polar surface area (TPSA) is 47.6 Å². The minimum Gasteiger partial charge on any atom is -0.497 e. The molecule has 21 heavy (non-hydrogen) atoms. The van der Waals surface area contributed by atoms with Crippen molar-refractivity contribution >= 4 is 11.6 Å². The van der Waals surface area contributed by atoms with Crippen molar-refractivity contribution in [3.63, 3.8) is 0 Å². The average molecular weight is 285 g/mol. The Balaban J connectivity index is 2.21. The molecule has 1 amide bonds. The average Bonchev–Trinajstić information content (AvgIpc) is 2.54. The molecule has 4 heteroatoms. The van der Waals surface area contributed by atoms with Gasteiger partial charge in [0.25, 0.3) is 5.91 Å². The molecule has 0 radical (unpaired) electrons. The van der Waals surface area contributed by atoms with E-state index in [0.29, 0.717) is 22.7 Å². The number of carbonyl (C=O) groups excluding carboxylic acids is 1. The van der Waals surface area contributed by atoms with Crippen LogP contribution in [0.4, 0.5) is 5.69 Å². The SMILES string of the molecule is CCc1ccc(C(=O)Nc2cc(OC)ccc2OC)cc1. The molecular formula is C17H19NO3. The van der Waals surface area contributed by atoms with E-state index in [2.05, 4.69) is 12.2 Å². The lowest BCUT2D eigenvalue weighted by Gasteiger charge is -2.12. The van der Waals surface area contributed by atoms with Gasteiger partial charge in [-0.2, -0.15) is 0 Å². The molecule has 0 heterocycles. The van der Waals surface area contributed by atoms with E-state index in [4.69, 9.17) is 9.47 Å². The number of ether oxygens (including phenoxy) is 2. The molecule has 0 aliphatic heterocycles. The van der Waals surface area contributed by atoms with Crippen molar-refractivity contribution in [1.82, 2.24) is 0 Å². The van der Waals surface area contributed by atoms with Gasteiger partial charge < -0.3 is 14.8 Å². The molecule has 0 unspecified atom stereocenters. The van der Waals surface area contributed by atoms with Gasteiger partial charge in [0.1, 0.15) is 11.5 Å². The molecular weight excluding hydrogens is 266 g/mol. The maximum Gasteiger partial charge on any atom is 0.255 e. The molecule has 1 N–H and O–H groups in total. The number of aryl methyl sites for hydroxylation is 1. The normalized spacial score (nSPS) is 10.0. The van der Waals surface area contributed by atoms with Crippen LogP contribution >= 0.6 is 0 Å². The molecule has 0 fully saturated rings. The second-order valence-electron chi connectivity index (χ2n) is 4.57. The number of methoxy groups -OCH3 is 2. The summed E-state index contributed by atoms with van der Waals surface area (Å²) in [6.45, 7) is 2.08. The highest BCUT2D eigenvalue weighted by atomic mass is 16.5. The molecule has 0 saturated carbocycles. The zero-order valence-electron chi connectivity index (χ0n) is 12.5. The van der Waals surface area contributed by atoms with Crippen molar-refractivity contribution in [2.24, 2.45) is 0 Å². The Morgan fingerprint density at radius 3 is 2.33 bits per heavy atom. The second kappa shape index (κ2) is 6.79. The van der Waals surface area contributed by atoms with E-state index < -0.39 is 0 Å². The number of hydrogen-bond acceptors (Lipinski definition) is 3. The smallest absolute Gasteiger partial charge is 0.255 e. The Labute approximate surface area is 124 Å². The first-order valence-corrected chi connectivity index (χ1v) is 6.80. The minimum atomic E-state index is -0.177. The first kappa shape index (κ1) is 14.9. The lowest BCUT2D eigenvalue weighted by atomic mass is 10.1. The highest BCUT2D eigenvalue weighted by Gasteiger charge is 2.10. The van der Waals surface area contributed by atoms with Crippen molar-refractivity contribution in [2.45, 2.75) is 13.3 Å². The molecule has 0 bridgehead atoms. The Bertz CT molecular complexity index is 620. The van der Waals surface area contributed by atoms with Crippen LogP contribution in [-0.4, -0.2) is 20.1 Å². The van der Waals surface area contributed by atoms with Gasteiger partial charge in [-0.05, 0) is 36.2 Å². The first-order valence-electron chi connectivity index (χ1n) is 6.80. The van der Waals surface area contributed by atoms with Gasteiger partial charge in [0.2, 0.25) is 0 Å². The van der Waals surface area contributed by atoms with Crippen LogP contribution in [0.2, 0.25) is 0 Å². The summed E-state index contributed by atoms with van der Waals surface area (Å²) in [5.41, 5.74) is 2.39. The Morgan fingerprint density at radius 2 is 1.76 bits per heavy atom. The van der Waals surface area contributed by atoms with E-state index in [-0.39, 0.29) is 5.91 Å². The lowest BCUT2D eigenvalue weighted by molar-refractivity contribution is 0.102. The van der Waals surface area contributed by atoms with Gasteiger partial charge >= 0.3 is 0 Å². The van der Waals surface area contributed by atoms with Gasteiger partial charge in [-0.1, -0.05) is 19.1 Å². The van der Waals surface area contributed by atoms with Crippen molar-refractivity contribution < 1.29 is 14.3 Å². The Kier molecular flexibility index (Phi) is 4.82. The highest BCUT2D eigenvalue weighted by molar-refractivity contribution is 6.05. The third kappa shape index (κ3) is 3.54. The van der Waals surface area contributed by atoms with Crippen LogP contribution in [0.25, 0.3) is 0 Å². The van der Waals surface area contributed by atoms with Crippen LogP contribution in [0.15, 0.2) is 42.5 Å². The van der Waals surface area contributed by atoms with Gasteiger partial charge in [-0.25, -0.2) is 0 Å². The first-order chi connectivity index (χ1) is 10.2. The molecule has 2 rings (SSSR count). The fraction of sp³-hybridized carbons (Fsp3) is 0.235. The third-order valence-corrected chi connectivity index (χ3v) is 3.28. The molecule has 0 atom stereocenters. The molecule has 0 aliphatic carbocycles. The number of amides is 1. The maximum atomic E-state index is 12.3. The predicted molar refractivity (Wildman–Crippen MR) is 83.3 cm³/mol. The van der Waals surface area contributed by atoms with Crippen LogP contribution in [0.3, 0.4) is 0 Å². The standard InChI is InChI=1S/C17H19NO3/c1-4-12-5-7-13(8-6-12)17(19)18-15-11-14(20-2)9-10-16(15)21-3/h5-11H,4H2,1-3H3,(H,18,19). The molecule has 0 spiro atoms. The summed E-state index contributed by atoms with van der Waals surface area (Å²) < 4.78 is 10.4. The lowest BCUT2D eigenvalue weighted by Crippen LogP contribution is -2.12. The van der Waals surface area contributed by atoms with E-state index in [0.717, 1.165) is 6.42 Å². The fourth-order valence-corrected chi connectivity index (χ4v) is 2.00. The van der Waals surface area contributed by atoms with Crippen LogP contribution < -0.4 is 14.8 Å². The van der Waals surface area contributed by atoms with E-state index in [1.54, 1.807) is 32.4 Å². The van der Waals surface area contributed by atoms with Gasteiger partial charge in [0.05, 0.1) is 19.9 Å². The minimum absolute atomic E-state index is 0.177. The number of anilines is 1. The van der Waals surface area contributed by atoms with Crippen molar-refractivity contribution in [2.75, 3.05) is 19.5 Å². The summed E-state index contributed by atoms with van der Waals surface area (Å²) in [5.74, 6) is 1.07. The third-order valence-electron chi connectivity index (χ3n) is 3.28. The molecule has 4 nitrogen and oxygen atoms in total.